The number of esters is 1. The van der Waals surface area contributed by atoms with Gasteiger partial charge >= 0.3 is 5.97 Å². The highest BCUT2D eigenvalue weighted by atomic mass is 19.1. The molecule has 0 radical (unpaired) electrons. The van der Waals surface area contributed by atoms with Crippen LogP contribution < -0.4 is 0 Å². The predicted molar refractivity (Wildman–Crippen MR) is 105 cm³/mol. The second kappa shape index (κ2) is 9.64. The van der Waals surface area contributed by atoms with Crippen molar-refractivity contribution >= 4 is 17.4 Å². The van der Waals surface area contributed by atoms with Crippen molar-refractivity contribution in [1.82, 2.24) is 0 Å². The van der Waals surface area contributed by atoms with Gasteiger partial charge in [-0.3, -0.25) is 0 Å². The van der Waals surface area contributed by atoms with E-state index in [1.165, 1.54) is 20.3 Å². The molecule has 0 atom stereocenters. The average molecular weight is 386 g/mol. The van der Waals surface area contributed by atoms with E-state index in [1.54, 1.807) is 31.2 Å². The number of nitrogens with zero attached hydrogens (tertiary/aromatic N) is 2. The van der Waals surface area contributed by atoms with E-state index in [-0.39, 0.29) is 18.1 Å². The smallest absolute Gasteiger partial charge is 0.360 e. The lowest BCUT2D eigenvalue weighted by molar-refractivity contribution is -0.132. The molecule has 148 valence electrons. The normalized spacial score (nSPS) is 11.9. The van der Waals surface area contributed by atoms with Gasteiger partial charge in [-0.2, -0.15) is 0 Å². The summed E-state index contributed by atoms with van der Waals surface area (Å²) in [5.74, 6) is -0.998. The van der Waals surface area contributed by atoms with Crippen molar-refractivity contribution in [3.8, 4) is 0 Å². The summed E-state index contributed by atoms with van der Waals surface area (Å²) in [5, 5.41) is 7.81. The summed E-state index contributed by atoms with van der Waals surface area (Å²) >= 11 is 0. The molecule has 0 amide bonds. The average Bonchev–Trinajstić information content (AvgIpc) is 2.68. The third kappa shape index (κ3) is 4.94. The van der Waals surface area contributed by atoms with Crippen LogP contribution in [-0.2, 0) is 25.8 Å². The van der Waals surface area contributed by atoms with E-state index >= 15 is 0 Å². The molecule has 0 aromatic heterocycles. The number of methoxy groups -OCH3 is 1. The first-order chi connectivity index (χ1) is 13.4. The van der Waals surface area contributed by atoms with Crippen LogP contribution in [0.2, 0.25) is 0 Å². The van der Waals surface area contributed by atoms with Crippen molar-refractivity contribution in [2.75, 3.05) is 14.2 Å². The minimum atomic E-state index is -0.629. The number of oxime groups is 2. The summed E-state index contributed by atoms with van der Waals surface area (Å²) < 4.78 is 18.8. The summed E-state index contributed by atoms with van der Waals surface area (Å²) in [7, 11) is 2.61. The molecular formula is C21H23FN2O4. The van der Waals surface area contributed by atoms with Gasteiger partial charge in [0.05, 0.1) is 12.8 Å². The van der Waals surface area contributed by atoms with Crippen molar-refractivity contribution in [3.63, 3.8) is 0 Å². The number of halogens is 1. The van der Waals surface area contributed by atoms with Crippen LogP contribution in [0.5, 0.6) is 0 Å². The Balaban J connectivity index is 2.31. The van der Waals surface area contributed by atoms with Gasteiger partial charge in [-0.05, 0) is 38.5 Å². The van der Waals surface area contributed by atoms with Gasteiger partial charge in [0.2, 0.25) is 0 Å². The molecule has 6 nitrogen and oxygen atoms in total. The fraction of sp³-hybridized carbons (Fsp3) is 0.286. The quantitative estimate of drug-likeness (QED) is 0.411. The Bertz CT molecular complexity index is 923. The predicted octanol–water partition coefficient (Wildman–Crippen LogP) is 3.91. The third-order valence-electron chi connectivity index (χ3n) is 4.15. The number of aryl methyl sites for hydroxylation is 2. The van der Waals surface area contributed by atoms with Crippen molar-refractivity contribution in [2.45, 2.75) is 27.4 Å². The number of hydrogen-bond donors (Lipinski definition) is 0. The van der Waals surface area contributed by atoms with Gasteiger partial charge in [0.25, 0.3) is 0 Å². The van der Waals surface area contributed by atoms with Crippen molar-refractivity contribution in [1.29, 1.82) is 0 Å². The SMILES string of the molecule is CO/N=C(/C(=O)OC)c1cccc(C)c1CO/N=C(\C)c1cc(C)ccc1F. The van der Waals surface area contributed by atoms with Crippen LogP contribution in [0.1, 0.15) is 34.7 Å². The molecule has 0 saturated heterocycles. The molecule has 7 heteroatoms. The molecule has 28 heavy (non-hydrogen) atoms. The minimum absolute atomic E-state index is 0.0257. The Labute approximate surface area is 163 Å². The molecular weight excluding hydrogens is 363 g/mol. The number of carbonyl (C=O) groups is 1. The van der Waals surface area contributed by atoms with Gasteiger partial charge in [0.1, 0.15) is 19.5 Å². The number of benzene rings is 2. The zero-order valence-electron chi connectivity index (χ0n) is 16.6. The molecule has 0 aliphatic carbocycles. The Morgan fingerprint density at radius 1 is 1.07 bits per heavy atom. The lowest BCUT2D eigenvalue weighted by Gasteiger charge is -2.12. The maximum atomic E-state index is 14.0. The van der Waals surface area contributed by atoms with Crippen LogP contribution in [0.4, 0.5) is 4.39 Å². The Kier molecular flexibility index (Phi) is 7.26. The van der Waals surface area contributed by atoms with Crippen LogP contribution in [0, 0.1) is 19.7 Å². The molecule has 0 aliphatic rings. The van der Waals surface area contributed by atoms with E-state index in [0.29, 0.717) is 22.4 Å². The summed E-state index contributed by atoms with van der Waals surface area (Å²) in [6.07, 6.45) is 0. The molecule has 0 aliphatic heterocycles. The van der Waals surface area contributed by atoms with Crippen LogP contribution in [0.25, 0.3) is 0 Å². The van der Waals surface area contributed by atoms with Crippen molar-refractivity contribution in [2.24, 2.45) is 10.3 Å². The van der Waals surface area contributed by atoms with Gasteiger partial charge in [-0.25, -0.2) is 9.18 Å². The molecule has 0 N–H and O–H groups in total. The summed E-state index contributed by atoms with van der Waals surface area (Å²) in [6, 6.07) is 10.2. The monoisotopic (exact) mass is 386 g/mol. The number of hydrogen-bond acceptors (Lipinski definition) is 6. The first-order valence-electron chi connectivity index (χ1n) is 8.60. The standard InChI is InChI=1S/C21H23FN2O4/c1-13-9-10-19(22)17(11-13)15(3)23-28-12-18-14(2)7-6-8-16(18)20(24-27-5)21(25)26-4/h6-11H,12H2,1-5H3/b23-15+,24-20+. The molecule has 0 bridgehead atoms. The lowest BCUT2D eigenvalue weighted by atomic mass is 9.99. The molecule has 2 rings (SSSR count). The second-order valence-corrected chi connectivity index (χ2v) is 6.15. The van der Waals surface area contributed by atoms with E-state index < -0.39 is 5.97 Å². The molecule has 0 saturated carbocycles. The van der Waals surface area contributed by atoms with E-state index in [9.17, 15) is 9.18 Å². The number of ether oxygens (including phenoxy) is 1. The van der Waals surface area contributed by atoms with Crippen LogP contribution >= 0.6 is 0 Å². The molecule has 0 unspecified atom stereocenters. The Hall–Kier alpha value is -3.22. The highest BCUT2D eigenvalue weighted by Gasteiger charge is 2.20. The second-order valence-electron chi connectivity index (χ2n) is 6.15. The largest absolute Gasteiger partial charge is 0.464 e. The first-order valence-corrected chi connectivity index (χ1v) is 8.60. The number of carbonyl (C=O) groups excluding carboxylic acids is 1. The van der Waals surface area contributed by atoms with E-state index in [2.05, 4.69) is 10.3 Å². The van der Waals surface area contributed by atoms with E-state index in [4.69, 9.17) is 14.4 Å². The summed E-state index contributed by atoms with van der Waals surface area (Å²) in [6.45, 7) is 5.48. The highest BCUT2D eigenvalue weighted by molar-refractivity contribution is 6.43. The highest BCUT2D eigenvalue weighted by Crippen LogP contribution is 2.18. The van der Waals surface area contributed by atoms with Gasteiger partial charge in [0, 0.05) is 16.7 Å². The Morgan fingerprint density at radius 2 is 1.82 bits per heavy atom. The van der Waals surface area contributed by atoms with E-state index in [1.807, 2.05) is 19.9 Å². The minimum Gasteiger partial charge on any atom is -0.464 e. The zero-order chi connectivity index (χ0) is 20.7. The summed E-state index contributed by atoms with van der Waals surface area (Å²) in [5.41, 5.74) is 3.83. The molecule has 0 fully saturated rings. The Morgan fingerprint density at radius 3 is 2.50 bits per heavy atom. The summed E-state index contributed by atoms with van der Waals surface area (Å²) in [4.78, 5) is 22.3. The zero-order valence-corrected chi connectivity index (χ0v) is 16.6. The molecule has 2 aromatic carbocycles. The van der Waals surface area contributed by atoms with Gasteiger partial charge < -0.3 is 14.4 Å². The van der Waals surface area contributed by atoms with Crippen LogP contribution in [0.15, 0.2) is 46.7 Å². The van der Waals surface area contributed by atoms with Gasteiger partial charge in [0.15, 0.2) is 5.71 Å². The van der Waals surface area contributed by atoms with Crippen LogP contribution in [0.3, 0.4) is 0 Å². The fourth-order valence-electron chi connectivity index (χ4n) is 2.66. The molecule has 2 aromatic rings. The van der Waals surface area contributed by atoms with Crippen molar-refractivity contribution < 1.29 is 23.6 Å². The van der Waals surface area contributed by atoms with E-state index in [0.717, 1.165) is 11.1 Å². The molecule has 0 heterocycles. The first kappa shape index (κ1) is 21.1. The fourth-order valence-corrected chi connectivity index (χ4v) is 2.66. The van der Waals surface area contributed by atoms with Crippen LogP contribution in [-0.4, -0.2) is 31.6 Å². The maximum Gasteiger partial charge on any atom is 0.360 e. The van der Waals surface area contributed by atoms with Gasteiger partial charge in [-0.1, -0.05) is 40.1 Å². The van der Waals surface area contributed by atoms with Crippen molar-refractivity contribution in [3.05, 3.63) is 70.0 Å². The third-order valence-corrected chi connectivity index (χ3v) is 4.15. The maximum absolute atomic E-state index is 14.0. The van der Waals surface area contributed by atoms with Gasteiger partial charge in [-0.15, -0.1) is 0 Å². The number of rotatable bonds is 7. The lowest BCUT2D eigenvalue weighted by Crippen LogP contribution is -2.20. The molecule has 0 spiro atoms. The topological polar surface area (TPSA) is 69.5 Å².